The molecule has 4 heterocycles. The molecule has 0 bridgehead atoms. The number of imidazole rings is 1. The van der Waals surface area contributed by atoms with Crippen molar-refractivity contribution in [2.75, 3.05) is 38.5 Å². The van der Waals surface area contributed by atoms with Gasteiger partial charge in [0, 0.05) is 62.1 Å². The zero-order chi connectivity index (χ0) is 25.1. The Kier molecular flexibility index (Phi) is 6.76. The van der Waals surface area contributed by atoms with Crippen LogP contribution in [-0.2, 0) is 0 Å². The number of amides is 1. The lowest BCUT2D eigenvalue weighted by atomic mass is 10.00. The number of aromatic nitrogens is 4. The summed E-state index contributed by atoms with van der Waals surface area (Å²) < 4.78 is 1.67. The summed E-state index contributed by atoms with van der Waals surface area (Å²) in [6.45, 7) is 8.67. The first-order valence-electron chi connectivity index (χ1n) is 12.1. The molecule has 182 valence electrons. The van der Waals surface area contributed by atoms with Crippen molar-refractivity contribution in [3.05, 3.63) is 89.1 Å². The van der Waals surface area contributed by atoms with E-state index in [0.717, 1.165) is 37.5 Å². The molecule has 4 aromatic rings. The van der Waals surface area contributed by atoms with Crippen LogP contribution in [0.25, 0.3) is 5.65 Å². The van der Waals surface area contributed by atoms with E-state index in [9.17, 15) is 4.79 Å². The number of anilines is 1. The Labute approximate surface area is 211 Å². The van der Waals surface area contributed by atoms with Crippen molar-refractivity contribution >= 4 is 17.2 Å². The van der Waals surface area contributed by atoms with Crippen LogP contribution in [0.3, 0.4) is 0 Å². The van der Waals surface area contributed by atoms with Gasteiger partial charge in [0.05, 0.1) is 11.8 Å². The van der Waals surface area contributed by atoms with E-state index in [1.165, 1.54) is 11.1 Å². The highest BCUT2D eigenvalue weighted by molar-refractivity contribution is 6.04. The zero-order valence-corrected chi connectivity index (χ0v) is 20.8. The first-order valence-corrected chi connectivity index (χ1v) is 12.1. The summed E-state index contributed by atoms with van der Waals surface area (Å²) in [5.41, 5.74) is 5.71. The number of hydrogen-bond donors (Lipinski definition) is 1. The van der Waals surface area contributed by atoms with Crippen molar-refractivity contribution in [3.63, 3.8) is 0 Å². The Morgan fingerprint density at radius 3 is 2.69 bits per heavy atom. The van der Waals surface area contributed by atoms with E-state index in [1.54, 1.807) is 35.4 Å². The summed E-state index contributed by atoms with van der Waals surface area (Å²) in [5, 5.41) is 7.27. The van der Waals surface area contributed by atoms with Crippen LogP contribution in [0, 0.1) is 18.8 Å². The number of piperazine rings is 1. The molecule has 1 amide bonds. The molecule has 0 aliphatic carbocycles. The molecule has 8 heteroatoms. The summed E-state index contributed by atoms with van der Waals surface area (Å²) in [6.07, 6.45) is 6.55. The topological polar surface area (TPSA) is 78.7 Å². The molecule has 0 unspecified atom stereocenters. The number of benzene rings is 1. The average Bonchev–Trinajstić information content (AvgIpc) is 3.31. The lowest BCUT2D eigenvalue weighted by molar-refractivity contribution is 0.102. The third-order valence-electron chi connectivity index (χ3n) is 6.68. The maximum Gasteiger partial charge on any atom is 0.257 e. The molecule has 1 atom stereocenters. The fourth-order valence-corrected chi connectivity index (χ4v) is 4.51. The highest BCUT2D eigenvalue weighted by Gasteiger charge is 2.21. The molecule has 0 radical (unpaired) electrons. The third kappa shape index (κ3) is 5.13. The molecule has 36 heavy (non-hydrogen) atoms. The second-order valence-corrected chi connectivity index (χ2v) is 9.19. The van der Waals surface area contributed by atoms with Crippen molar-refractivity contribution in [1.82, 2.24) is 29.4 Å². The normalized spacial score (nSPS) is 15.3. The van der Waals surface area contributed by atoms with Crippen LogP contribution in [0.5, 0.6) is 0 Å². The van der Waals surface area contributed by atoms with Gasteiger partial charge in [0.1, 0.15) is 5.69 Å². The highest BCUT2D eigenvalue weighted by atomic mass is 16.1. The Morgan fingerprint density at radius 2 is 1.89 bits per heavy atom. The van der Waals surface area contributed by atoms with E-state index in [0.29, 0.717) is 22.9 Å². The van der Waals surface area contributed by atoms with Crippen molar-refractivity contribution in [2.24, 2.45) is 0 Å². The molecule has 1 N–H and O–H groups in total. The van der Waals surface area contributed by atoms with E-state index in [1.807, 2.05) is 24.3 Å². The van der Waals surface area contributed by atoms with E-state index in [4.69, 9.17) is 0 Å². The summed E-state index contributed by atoms with van der Waals surface area (Å²) in [5.74, 6) is 5.90. The van der Waals surface area contributed by atoms with Crippen molar-refractivity contribution in [3.8, 4) is 11.8 Å². The van der Waals surface area contributed by atoms with Crippen molar-refractivity contribution in [1.29, 1.82) is 0 Å². The molecular formula is C28H29N7O. The minimum atomic E-state index is -0.220. The number of nitrogens with one attached hydrogen (secondary N) is 1. The maximum atomic E-state index is 12.9. The SMILES string of the molecule is Cc1cc(NC(=O)c2cncc(C#Cc3cnc4cccnn34)c2)ccc1[C@H](C)N1CCN(C)CC1. The van der Waals surface area contributed by atoms with Crippen LogP contribution in [0.1, 0.15) is 45.7 Å². The smallest absolute Gasteiger partial charge is 0.257 e. The molecule has 8 nitrogen and oxygen atoms in total. The van der Waals surface area contributed by atoms with Gasteiger partial charge in [-0.3, -0.25) is 14.7 Å². The summed E-state index contributed by atoms with van der Waals surface area (Å²) in [6, 6.07) is 11.9. The fraction of sp³-hybridized carbons (Fsp3) is 0.286. The first kappa shape index (κ1) is 23.7. The Bertz CT molecular complexity index is 1460. The van der Waals surface area contributed by atoms with Crippen LogP contribution >= 0.6 is 0 Å². The van der Waals surface area contributed by atoms with E-state index in [2.05, 4.69) is 69.0 Å². The monoisotopic (exact) mass is 479 g/mol. The van der Waals surface area contributed by atoms with Gasteiger partial charge in [-0.15, -0.1) is 0 Å². The minimum Gasteiger partial charge on any atom is -0.322 e. The van der Waals surface area contributed by atoms with Crippen molar-refractivity contribution < 1.29 is 4.79 Å². The molecule has 1 saturated heterocycles. The maximum absolute atomic E-state index is 12.9. The Morgan fingerprint density at radius 1 is 1.06 bits per heavy atom. The number of carbonyl (C=O) groups is 1. The van der Waals surface area contributed by atoms with Gasteiger partial charge in [-0.1, -0.05) is 12.0 Å². The zero-order valence-electron chi connectivity index (χ0n) is 20.8. The largest absolute Gasteiger partial charge is 0.322 e. The van der Waals surface area contributed by atoms with Gasteiger partial charge in [0.2, 0.25) is 0 Å². The molecule has 1 aliphatic heterocycles. The lowest BCUT2D eigenvalue weighted by Gasteiger charge is -2.37. The van der Waals surface area contributed by atoms with Crippen LogP contribution in [0.15, 0.2) is 61.2 Å². The second-order valence-electron chi connectivity index (χ2n) is 9.19. The van der Waals surface area contributed by atoms with Crippen molar-refractivity contribution in [2.45, 2.75) is 19.9 Å². The predicted octanol–water partition coefficient (Wildman–Crippen LogP) is 3.39. The Hall–Kier alpha value is -4.06. The molecular weight excluding hydrogens is 450 g/mol. The number of rotatable bonds is 4. The second kappa shape index (κ2) is 10.3. The number of pyridine rings is 1. The summed E-state index contributed by atoms with van der Waals surface area (Å²) in [4.78, 5) is 26.3. The van der Waals surface area contributed by atoms with Gasteiger partial charge in [-0.2, -0.15) is 5.10 Å². The van der Waals surface area contributed by atoms with Gasteiger partial charge >= 0.3 is 0 Å². The van der Waals surface area contributed by atoms with Gasteiger partial charge in [0.15, 0.2) is 5.65 Å². The van der Waals surface area contributed by atoms with Gasteiger partial charge in [0.25, 0.3) is 5.91 Å². The molecule has 0 saturated carbocycles. The van der Waals surface area contributed by atoms with E-state index in [-0.39, 0.29) is 5.91 Å². The van der Waals surface area contributed by atoms with E-state index >= 15 is 0 Å². The number of nitrogens with zero attached hydrogens (tertiary/aromatic N) is 6. The molecule has 1 aliphatic rings. The molecule has 1 aromatic carbocycles. The van der Waals surface area contributed by atoms with Crippen LogP contribution in [-0.4, -0.2) is 68.5 Å². The molecule has 0 spiro atoms. The van der Waals surface area contributed by atoms with Gasteiger partial charge in [-0.25, -0.2) is 9.50 Å². The molecule has 5 rings (SSSR count). The number of likely N-dealkylation sites (N-methyl/N-ethyl adjacent to an activating group) is 1. The van der Waals surface area contributed by atoms with Crippen LogP contribution < -0.4 is 5.32 Å². The standard InChI is InChI=1S/C28H29N7O/c1-20-15-24(7-9-26(20)21(2)34-13-11-33(3)12-14-34)32-28(36)23-16-22(17-29-18-23)6-8-25-19-30-27-5-4-10-31-35(25)27/h4-5,7,9-10,15-19,21H,11-14H2,1-3H3,(H,32,36)/t21-/m0/s1. The Balaban J connectivity index is 1.28. The quantitative estimate of drug-likeness (QED) is 0.452. The van der Waals surface area contributed by atoms with E-state index < -0.39 is 0 Å². The fourth-order valence-electron chi connectivity index (χ4n) is 4.51. The first-order chi connectivity index (χ1) is 17.5. The van der Waals surface area contributed by atoms with Crippen LogP contribution in [0.4, 0.5) is 5.69 Å². The van der Waals surface area contributed by atoms with Gasteiger partial charge in [-0.05, 0) is 68.3 Å². The number of fused-ring (bicyclic) bond motifs is 1. The lowest BCUT2D eigenvalue weighted by Crippen LogP contribution is -2.45. The molecule has 1 fully saturated rings. The number of aryl methyl sites for hydroxylation is 1. The highest BCUT2D eigenvalue weighted by Crippen LogP contribution is 2.27. The third-order valence-corrected chi connectivity index (χ3v) is 6.68. The minimum absolute atomic E-state index is 0.220. The average molecular weight is 480 g/mol. The number of carbonyl (C=O) groups excluding carboxylic acids is 1. The number of hydrogen-bond acceptors (Lipinski definition) is 6. The summed E-state index contributed by atoms with van der Waals surface area (Å²) in [7, 11) is 2.17. The van der Waals surface area contributed by atoms with Crippen LogP contribution in [0.2, 0.25) is 0 Å². The van der Waals surface area contributed by atoms with Gasteiger partial charge < -0.3 is 10.2 Å². The predicted molar refractivity (Wildman–Crippen MR) is 140 cm³/mol. The summed E-state index contributed by atoms with van der Waals surface area (Å²) >= 11 is 0. The molecule has 3 aromatic heterocycles.